The molecule has 7 nitrogen and oxygen atoms in total. The molecule has 0 radical (unpaired) electrons. The highest BCUT2D eigenvalue weighted by Crippen LogP contribution is 2.16. The third kappa shape index (κ3) is 4.87. The van der Waals surface area contributed by atoms with Crippen LogP contribution in [0.15, 0.2) is 36.7 Å². The molecule has 21 heavy (non-hydrogen) atoms. The van der Waals surface area contributed by atoms with Crippen molar-refractivity contribution in [1.82, 2.24) is 20.3 Å². The molecule has 7 heteroatoms. The molecule has 0 aliphatic carbocycles. The van der Waals surface area contributed by atoms with Crippen molar-refractivity contribution < 1.29 is 9.84 Å². The zero-order valence-electron chi connectivity index (χ0n) is 11.5. The largest absolute Gasteiger partial charge is 0.489 e. The van der Waals surface area contributed by atoms with Gasteiger partial charge < -0.3 is 15.2 Å². The molecule has 2 N–H and O–H groups in total. The number of aromatic nitrogens is 3. The summed E-state index contributed by atoms with van der Waals surface area (Å²) in [7, 11) is 0. The first-order valence-corrected chi connectivity index (χ1v) is 6.64. The summed E-state index contributed by atoms with van der Waals surface area (Å²) in [6.45, 7) is 1.90. The van der Waals surface area contributed by atoms with E-state index in [4.69, 9.17) is 10.00 Å². The van der Waals surface area contributed by atoms with Crippen LogP contribution in [0.2, 0.25) is 0 Å². The monoisotopic (exact) mass is 287 g/mol. The van der Waals surface area contributed by atoms with E-state index in [1.807, 2.05) is 6.07 Å². The molecular weight excluding hydrogens is 270 g/mol. The van der Waals surface area contributed by atoms with Crippen LogP contribution in [0.3, 0.4) is 0 Å². The molecule has 1 heterocycles. The Morgan fingerprint density at radius 3 is 3.05 bits per heavy atom. The van der Waals surface area contributed by atoms with Crippen LogP contribution in [0, 0.1) is 11.3 Å². The Labute approximate surface area is 122 Å². The Balaban J connectivity index is 1.65. The third-order valence-corrected chi connectivity index (χ3v) is 2.81. The van der Waals surface area contributed by atoms with E-state index < -0.39 is 6.10 Å². The molecule has 0 aliphatic rings. The van der Waals surface area contributed by atoms with Crippen LogP contribution in [0.1, 0.15) is 5.56 Å². The number of benzene rings is 1. The normalized spacial score (nSPS) is 11.8. The van der Waals surface area contributed by atoms with E-state index in [9.17, 15) is 5.11 Å². The molecule has 0 aliphatic heterocycles. The summed E-state index contributed by atoms with van der Waals surface area (Å²) in [5.41, 5.74) is 0.462. The van der Waals surface area contributed by atoms with Crippen molar-refractivity contribution >= 4 is 0 Å². The molecule has 1 aromatic heterocycles. The standard InChI is InChI=1S/C14H17N5O2/c15-9-12-3-1-2-4-14(12)21-11-13(20)10-16-5-7-19-8-6-17-18-19/h1-4,6,8,13,16,20H,5,7,10-11H2. The minimum absolute atomic E-state index is 0.134. The van der Waals surface area contributed by atoms with Gasteiger partial charge in [0, 0.05) is 19.3 Å². The van der Waals surface area contributed by atoms with Gasteiger partial charge in [0.15, 0.2) is 0 Å². The smallest absolute Gasteiger partial charge is 0.137 e. The van der Waals surface area contributed by atoms with Gasteiger partial charge in [-0.25, -0.2) is 0 Å². The van der Waals surface area contributed by atoms with Crippen LogP contribution in [0.25, 0.3) is 0 Å². The molecule has 0 spiro atoms. The van der Waals surface area contributed by atoms with E-state index in [2.05, 4.69) is 15.6 Å². The molecule has 0 amide bonds. The van der Waals surface area contributed by atoms with Crippen molar-refractivity contribution in [3.8, 4) is 11.8 Å². The third-order valence-electron chi connectivity index (χ3n) is 2.81. The fraction of sp³-hybridized carbons (Fsp3) is 0.357. The second-order valence-corrected chi connectivity index (χ2v) is 4.44. The van der Waals surface area contributed by atoms with E-state index in [0.717, 1.165) is 0 Å². The summed E-state index contributed by atoms with van der Waals surface area (Å²) < 4.78 is 7.16. The first kappa shape index (κ1) is 15.0. The first-order chi connectivity index (χ1) is 10.3. The molecule has 0 saturated heterocycles. The van der Waals surface area contributed by atoms with Crippen LogP contribution < -0.4 is 10.1 Å². The quantitative estimate of drug-likeness (QED) is 0.672. The molecule has 110 valence electrons. The van der Waals surface area contributed by atoms with Gasteiger partial charge in [-0.05, 0) is 12.1 Å². The number of hydrogen-bond acceptors (Lipinski definition) is 6. The van der Waals surface area contributed by atoms with E-state index in [1.165, 1.54) is 0 Å². The Kier molecular flexibility index (Phi) is 5.70. The number of nitriles is 1. The van der Waals surface area contributed by atoms with Crippen LogP contribution >= 0.6 is 0 Å². The minimum atomic E-state index is -0.646. The average Bonchev–Trinajstić information content (AvgIpc) is 3.03. The van der Waals surface area contributed by atoms with Gasteiger partial charge in [-0.3, -0.25) is 4.68 Å². The second-order valence-electron chi connectivity index (χ2n) is 4.44. The highest BCUT2D eigenvalue weighted by atomic mass is 16.5. The van der Waals surface area contributed by atoms with Crippen molar-refractivity contribution in [3.05, 3.63) is 42.2 Å². The Morgan fingerprint density at radius 1 is 1.43 bits per heavy atom. The second kappa shape index (κ2) is 7.99. The van der Waals surface area contributed by atoms with Crippen molar-refractivity contribution in [2.24, 2.45) is 0 Å². The minimum Gasteiger partial charge on any atom is -0.489 e. The zero-order chi connectivity index (χ0) is 14.9. The van der Waals surface area contributed by atoms with Gasteiger partial charge in [-0.15, -0.1) is 5.10 Å². The highest BCUT2D eigenvalue weighted by molar-refractivity contribution is 5.42. The topological polar surface area (TPSA) is 96.0 Å². The number of nitrogens with one attached hydrogen (secondary N) is 1. The van der Waals surface area contributed by atoms with Crippen LogP contribution in [-0.4, -0.2) is 45.9 Å². The summed E-state index contributed by atoms with van der Waals surface area (Å²) in [6, 6.07) is 9.00. The maximum atomic E-state index is 9.83. The molecule has 0 saturated carbocycles. The van der Waals surface area contributed by atoms with E-state index in [-0.39, 0.29) is 6.61 Å². The number of aliphatic hydroxyl groups is 1. The fourth-order valence-corrected chi connectivity index (χ4v) is 1.74. The maximum absolute atomic E-state index is 9.83. The summed E-state index contributed by atoms with van der Waals surface area (Å²) in [4.78, 5) is 0. The van der Waals surface area contributed by atoms with Gasteiger partial charge >= 0.3 is 0 Å². The van der Waals surface area contributed by atoms with Gasteiger partial charge in [0.25, 0.3) is 0 Å². The van der Waals surface area contributed by atoms with E-state index >= 15 is 0 Å². The van der Waals surface area contributed by atoms with Crippen LogP contribution in [0.4, 0.5) is 0 Å². The lowest BCUT2D eigenvalue weighted by Crippen LogP contribution is -2.33. The highest BCUT2D eigenvalue weighted by Gasteiger charge is 2.07. The Bertz CT molecular complexity index is 579. The number of rotatable bonds is 8. The number of nitrogens with zero attached hydrogens (tertiary/aromatic N) is 4. The molecule has 0 bridgehead atoms. The molecule has 2 rings (SSSR count). The van der Waals surface area contributed by atoms with Gasteiger partial charge in [0.05, 0.1) is 18.3 Å². The zero-order valence-corrected chi connectivity index (χ0v) is 11.5. The van der Waals surface area contributed by atoms with Crippen molar-refractivity contribution in [2.45, 2.75) is 12.6 Å². The van der Waals surface area contributed by atoms with Crippen molar-refractivity contribution in [1.29, 1.82) is 5.26 Å². The summed E-state index contributed by atoms with van der Waals surface area (Å²) in [5, 5.41) is 29.4. The van der Waals surface area contributed by atoms with E-state index in [1.54, 1.807) is 41.3 Å². The first-order valence-electron chi connectivity index (χ1n) is 6.64. The maximum Gasteiger partial charge on any atom is 0.137 e. The summed E-state index contributed by atoms with van der Waals surface area (Å²) >= 11 is 0. The predicted molar refractivity (Wildman–Crippen MR) is 75.6 cm³/mol. The van der Waals surface area contributed by atoms with Gasteiger partial charge in [-0.2, -0.15) is 5.26 Å². The predicted octanol–water partition coefficient (Wildman–Crippen LogP) is 0.179. The molecule has 1 unspecified atom stereocenters. The lowest BCUT2D eigenvalue weighted by molar-refractivity contribution is 0.106. The van der Waals surface area contributed by atoms with Crippen LogP contribution in [0.5, 0.6) is 5.75 Å². The van der Waals surface area contributed by atoms with Gasteiger partial charge in [-0.1, -0.05) is 17.3 Å². The van der Waals surface area contributed by atoms with Crippen molar-refractivity contribution in [2.75, 3.05) is 19.7 Å². The molecule has 2 aromatic rings. The summed E-state index contributed by atoms with van der Waals surface area (Å²) in [6.07, 6.45) is 2.75. The lowest BCUT2D eigenvalue weighted by atomic mass is 10.2. The van der Waals surface area contributed by atoms with Crippen LogP contribution in [-0.2, 0) is 6.54 Å². The Hall–Kier alpha value is -2.43. The van der Waals surface area contributed by atoms with Gasteiger partial charge in [0.1, 0.15) is 24.5 Å². The fourth-order valence-electron chi connectivity index (χ4n) is 1.74. The number of hydrogen-bond donors (Lipinski definition) is 2. The van der Waals surface area contributed by atoms with Crippen molar-refractivity contribution in [3.63, 3.8) is 0 Å². The molecule has 0 fully saturated rings. The number of ether oxygens (including phenoxy) is 1. The molecule has 1 aromatic carbocycles. The molecule has 1 atom stereocenters. The molecular formula is C14H17N5O2. The lowest BCUT2D eigenvalue weighted by Gasteiger charge is -2.13. The van der Waals surface area contributed by atoms with Gasteiger partial charge in [0.2, 0.25) is 0 Å². The Morgan fingerprint density at radius 2 is 2.29 bits per heavy atom. The SMILES string of the molecule is N#Cc1ccccc1OCC(O)CNCCn1ccnn1. The summed E-state index contributed by atoms with van der Waals surface area (Å²) in [5.74, 6) is 0.488. The average molecular weight is 287 g/mol. The van der Waals surface area contributed by atoms with E-state index in [0.29, 0.717) is 30.9 Å². The number of para-hydroxylation sites is 1. The number of aliphatic hydroxyl groups excluding tert-OH is 1.